The smallest absolute Gasteiger partial charge is 0.228 e. The van der Waals surface area contributed by atoms with Crippen molar-refractivity contribution in [1.82, 2.24) is 19.7 Å². The summed E-state index contributed by atoms with van der Waals surface area (Å²) in [7, 11) is 1.61. The van der Waals surface area contributed by atoms with Crippen LogP contribution in [0.25, 0.3) is 5.82 Å². The first kappa shape index (κ1) is 19.1. The SMILES string of the molecule is COc1ccc(CC(=O)Nc2ccc(Oc3cc(-n4cccn4)ncn3)cc2)cc1. The number of hydrogen-bond donors (Lipinski definition) is 1. The van der Waals surface area contributed by atoms with Gasteiger partial charge >= 0.3 is 0 Å². The molecular weight excluding hydrogens is 382 g/mol. The third kappa shape index (κ3) is 4.79. The van der Waals surface area contributed by atoms with Gasteiger partial charge in [-0.2, -0.15) is 5.10 Å². The van der Waals surface area contributed by atoms with Crippen LogP contribution in [0.4, 0.5) is 5.69 Å². The van der Waals surface area contributed by atoms with Crippen molar-refractivity contribution in [2.75, 3.05) is 12.4 Å². The lowest BCUT2D eigenvalue weighted by Crippen LogP contribution is -2.14. The molecule has 0 spiro atoms. The molecule has 0 aliphatic carbocycles. The highest BCUT2D eigenvalue weighted by Gasteiger charge is 2.07. The van der Waals surface area contributed by atoms with Crippen molar-refractivity contribution < 1.29 is 14.3 Å². The van der Waals surface area contributed by atoms with Gasteiger partial charge in [-0.3, -0.25) is 4.79 Å². The number of amides is 1. The molecule has 2 heterocycles. The number of ether oxygens (including phenoxy) is 2. The lowest BCUT2D eigenvalue weighted by atomic mass is 10.1. The molecule has 150 valence electrons. The van der Waals surface area contributed by atoms with Gasteiger partial charge in [-0.05, 0) is 48.0 Å². The van der Waals surface area contributed by atoms with Crippen molar-refractivity contribution in [2.24, 2.45) is 0 Å². The Balaban J connectivity index is 1.36. The summed E-state index contributed by atoms with van der Waals surface area (Å²) >= 11 is 0. The Bertz CT molecular complexity index is 1110. The van der Waals surface area contributed by atoms with Crippen LogP contribution in [0.5, 0.6) is 17.4 Å². The van der Waals surface area contributed by atoms with Gasteiger partial charge in [-0.1, -0.05) is 12.1 Å². The van der Waals surface area contributed by atoms with Crippen LogP contribution in [0.15, 0.2) is 79.4 Å². The number of carbonyl (C=O) groups is 1. The highest BCUT2D eigenvalue weighted by Crippen LogP contribution is 2.22. The van der Waals surface area contributed by atoms with Crippen LogP contribution in [-0.4, -0.2) is 32.8 Å². The molecule has 0 unspecified atom stereocenters. The van der Waals surface area contributed by atoms with E-state index < -0.39 is 0 Å². The van der Waals surface area contributed by atoms with E-state index in [0.29, 0.717) is 23.1 Å². The molecule has 8 nitrogen and oxygen atoms in total. The third-order valence-electron chi connectivity index (χ3n) is 4.25. The molecule has 4 rings (SSSR count). The largest absolute Gasteiger partial charge is 0.497 e. The maximum absolute atomic E-state index is 12.3. The number of nitrogens with zero attached hydrogens (tertiary/aromatic N) is 4. The first-order valence-corrected chi connectivity index (χ1v) is 9.22. The number of hydrogen-bond acceptors (Lipinski definition) is 6. The van der Waals surface area contributed by atoms with Crippen LogP contribution in [0.3, 0.4) is 0 Å². The Kier molecular flexibility index (Phi) is 5.66. The summed E-state index contributed by atoms with van der Waals surface area (Å²) < 4.78 is 12.5. The summed E-state index contributed by atoms with van der Waals surface area (Å²) in [4.78, 5) is 20.6. The molecule has 2 aromatic heterocycles. The molecule has 0 atom stereocenters. The van der Waals surface area contributed by atoms with E-state index in [1.54, 1.807) is 54.5 Å². The fraction of sp³-hybridized carbons (Fsp3) is 0.0909. The summed E-state index contributed by atoms with van der Waals surface area (Å²) in [6.07, 6.45) is 5.15. The monoisotopic (exact) mass is 401 g/mol. The zero-order chi connectivity index (χ0) is 20.8. The average Bonchev–Trinajstić information content (AvgIpc) is 3.31. The molecule has 2 aromatic carbocycles. The Labute approximate surface area is 173 Å². The van der Waals surface area contributed by atoms with E-state index in [9.17, 15) is 4.79 Å². The van der Waals surface area contributed by atoms with Gasteiger partial charge in [-0.25, -0.2) is 14.6 Å². The van der Waals surface area contributed by atoms with Crippen LogP contribution < -0.4 is 14.8 Å². The number of carbonyl (C=O) groups excluding carboxylic acids is 1. The van der Waals surface area contributed by atoms with Gasteiger partial charge in [0.15, 0.2) is 5.82 Å². The maximum Gasteiger partial charge on any atom is 0.228 e. The lowest BCUT2D eigenvalue weighted by Gasteiger charge is -2.09. The average molecular weight is 401 g/mol. The van der Waals surface area contributed by atoms with E-state index in [1.807, 2.05) is 30.3 Å². The van der Waals surface area contributed by atoms with Gasteiger partial charge in [0.05, 0.1) is 13.5 Å². The number of aromatic nitrogens is 4. The zero-order valence-corrected chi connectivity index (χ0v) is 16.2. The number of methoxy groups -OCH3 is 1. The molecule has 1 amide bonds. The topological polar surface area (TPSA) is 91.2 Å². The molecule has 0 saturated carbocycles. The number of benzene rings is 2. The fourth-order valence-corrected chi connectivity index (χ4v) is 2.78. The Morgan fingerprint density at radius 2 is 1.80 bits per heavy atom. The van der Waals surface area contributed by atoms with Gasteiger partial charge in [0.1, 0.15) is 17.8 Å². The fourth-order valence-electron chi connectivity index (χ4n) is 2.78. The third-order valence-corrected chi connectivity index (χ3v) is 4.25. The minimum atomic E-state index is -0.103. The number of nitrogens with one attached hydrogen (secondary N) is 1. The van der Waals surface area contributed by atoms with Gasteiger partial charge in [0.2, 0.25) is 11.8 Å². The molecule has 0 fully saturated rings. The van der Waals surface area contributed by atoms with Crippen LogP contribution in [0.1, 0.15) is 5.56 Å². The molecule has 4 aromatic rings. The maximum atomic E-state index is 12.3. The predicted molar refractivity (Wildman–Crippen MR) is 111 cm³/mol. The molecule has 30 heavy (non-hydrogen) atoms. The first-order valence-electron chi connectivity index (χ1n) is 9.22. The highest BCUT2D eigenvalue weighted by molar-refractivity contribution is 5.92. The summed E-state index contributed by atoms with van der Waals surface area (Å²) in [6.45, 7) is 0. The van der Waals surface area contributed by atoms with Crippen molar-refractivity contribution >= 4 is 11.6 Å². The minimum absolute atomic E-state index is 0.103. The Morgan fingerprint density at radius 1 is 1.03 bits per heavy atom. The van der Waals surface area contributed by atoms with Gasteiger partial charge < -0.3 is 14.8 Å². The van der Waals surface area contributed by atoms with E-state index in [1.165, 1.54) is 6.33 Å². The standard InChI is InChI=1S/C22H19N5O3/c1-29-18-7-3-16(4-8-18)13-21(28)26-17-5-9-19(10-6-17)30-22-14-20(23-15-24-22)27-12-2-11-25-27/h2-12,14-15H,13H2,1H3,(H,26,28). The van der Waals surface area contributed by atoms with Crippen LogP contribution >= 0.6 is 0 Å². The van der Waals surface area contributed by atoms with E-state index >= 15 is 0 Å². The van der Waals surface area contributed by atoms with Crippen molar-refractivity contribution in [3.63, 3.8) is 0 Å². The number of anilines is 1. The van der Waals surface area contributed by atoms with Gasteiger partial charge in [-0.15, -0.1) is 0 Å². The van der Waals surface area contributed by atoms with Crippen molar-refractivity contribution in [3.8, 4) is 23.2 Å². The zero-order valence-electron chi connectivity index (χ0n) is 16.2. The summed E-state index contributed by atoms with van der Waals surface area (Å²) in [5.74, 6) is 2.25. The molecule has 0 aliphatic rings. The Hall–Kier alpha value is -4.20. The molecule has 0 bridgehead atoms. The van der Waals surface area contributed by atoms with E-state index in [2.05, 4.69) is 20.4 Å². The van der Waals surface area contributed by atoms with E-state index in [-0.39, 0.29) is 12.3 Å². The summed E-state index contributed by atoms with van der Waals surface area (Å²) in [5, 5.41) is 7.01. The van der Waals surface area contributed by atoms with Crippen LogP contribution in [0.2, 0.25) is 0 Å². The highest BCUT2D eigenvalue weighted by atomic mass is 16.5. The summed E-state index contributed by atoms with van der Waals surface area (Å²) in [5.41, 5.74) is 1.59. The first-order chi connectivity index (χ1) is 14.7. The Morgan fingerprint density at radius 3 is 2.50 bits per heavy atom. The quantitative estimate of drug-likeness (QED) is 0.508. The normalized spacial score (nSPS) is 10.4. The van der Waals surface area contributed by atoms with Gasteiger partial charge in [0, 0.05) is 24.1 Å². The second-order valence-corrected chi connectivity index (χ2v) is 6.36. The predicted octanol–water partition coefficient (Wildman–Crippen LogP) is 3.64. The molecule has 8 heteroatoms. The van der Waals surface area contributed by atoms with E-state index in [0.717, 1.165) is 11.3 Å². The van der Waals surface area contributed by atoms with Crippen LogP contribution in [-0.2, 0) is 11.2 Å². The van der Waals surface area contributed by atoms with Crippen molar-refractivity contribution in [3.05, 3.63) is 84.9 Å². The lowest BCUT2D eigenvalue weighted by molar-refractivity contribution is -0.115. The molecule has 1 N–H and O–H groups in total. The second kappa shape index (κ2) is 8.87. The van der Waals surface area contributed by atoms with Crippen LogP contribution in [0, 0.1) is 0 Å². The second-order valence-electron chi connectivity index (χ2n) is 6.36. The van der Waals surface area contributed by atoms with Crippen molar-refractivity contribution in [1.29, 1.82) is 0 Å². The van der Waals surface area contributed by atoms with Crippen molar-refractivity contribution in [2.45, 2.75) is 6.42 Å². The molecular formula is C22H19N5O3. The van der Waals surface area contributed by atoms with Gasteiger partial charge in [0.25, 0.3) is 0 Å². The number of rotatable bonds is 7. The molecule has 0 saturated heterocycles. The summed E-state index contributed by atoms with van der Waals surface area (Å²) in [6, 6.07) is 18.0. The molecule has 0 aliphatic heterocycles. The molecule has 0 radical (unpaired) electrons. The minimum Gasteiger partial charge on any atom is -0.497 e. The van der Waals surface area contributed by atoms with E-state index in [4.69, 9.17) is 9.47 Å².